The van der Waals surface area contributed by atoms with Gasteiger partial charge in [-0.2, -0.15) is 5.10 Å². The average Bonchev–Trinajstić information content (AvgIpc) is 3.21. The summed E-state index contributed by atoms with van der Waals surface area (Å²) in [7, 11) is 0. The first kappa shape index (κ1) is 19.2. The highest BCUT2D eigenvalue weighted by Gasteiger charge is 2.25. The zero-order valence-corrected chi connectivity index (χ0v) is 15.3. The van der Waals surface area contributed by atoms with Crippen LogP contribution in [0.2, 0.25) is 0 Å². The summed E-state index contributed by atoms with van der Waals surface area (Å²) in [4.78, 5) is 33.1. The van der Waals surface area contributed by atoms with Crippen molar-refractivity contribution in [2.75, 3.05) is 5.32 Å². The van der Waals surface area contributed by atoms with Crippen molar-refractivity contribution in [2.24, 2.45) is 5.92 Å². The number of carbonyl (C=O) groups excluding carboxylic acids is 2. The Bertz CT molecular complexity index is 957. The Hall–Kier alpha value is -3.62. The van der Waals surface area contributed by atoms with Crippen LogP contribution < -0.4 is 10.6 Å². The van der Waals surface area contributed by atoms with Crippen molar-refractivity contribution in [3.63, 3.8) is 0 Å². The van der Waals surface area contributed by atoms with Crippen molar-refractivity contribution < 1.29 is 14.0 Å². The van der Waals surface area contributed by atoms with Gasteiger partial charge in [-0.25, -0.2) is 19.0 Å². The molecule has 0 aliphatic rings. The van der Waals surface area contributed by atoms with E-state index in [9.17, 15) is 14.0 Å². The van der Waals surface area contributed by atoms with Crippen LogP contribution in [0.3, 0.4) is 0 Å². The van der Waals surface area contributed by atoms with Crippen molar-refractivity contribution in [1.82, 2.24) is 25.1 Å². The standard InChI is InChI=1S/C19H19FN6O2/c1-12(2)17(25-18(27)14-5-3-4-6-15(14)20)19(28)24-13-7-8-16(22-9-13)26-11-21-10-23-26/h3-12,17H,1-2H3,(H,24,28)(H,25,27). The smallest absolute Gasteiger partial charge is 0.254 e. The first-order valence-electron chi connectivity index (χ1n) is 8.63. The number of rotatable bonds is 6. The zero-order chi connectivity index (χ0) is 20.1. The molecule has 0 bridgehead atoms. The van der Waals surface area contributed by atoms with Crippen LogP contribution in [0, 0.1) is 11.7 Å². The molecule has 0 saturated carbocycles. The third-order valence-electron chi connectivity index (χ3n) is 4.02. The van der Waals surface area contributed by atoms with Crippen LogP contribution in [-0.4, -0.2) is 37.6 Å². The lowest BCUT2D eigenvalue weighted by atomic mass is 10.0. The van der Waals surface area contributed by atoms with E-state index in [0.717, 1.165) is 0 Å². The van der Waals surface area contributed by atoms with Gasteiger partial charge in [0, 0.05) is 0 Å². The monoisotopic (exact) mass is 382 g/mol. The normalized spacial score (nSPS) is 11.9. The molecule has 2 amide bonds. The van der Waals surface area contributed by atoms with Crippen LogP contribution in [0.5, 0.6) is 0 Å². The van der Waals surface area contributed by atoms with E-state index in [2.05, 4.69) is 25.7 Å². The lowest BCUT2D eigenvalue weighted by molar-refractivity contribution is -0.118. The summed E-state index contributed by atoms with van der Waals surface area (Å²) in [6.45, 7) is 3.58. The van der Waals surface area contributed by atoms with E-state index < -0.39 is 23.7 Å². The number of hydrogen-bond acceptors (Lipinski definition) is 5. The van der Waals surface area contributed by atoms with E-state index in [1.807, 2.05) is 0 Å². The zero-order valence-electron chi connectivity index (χ0n) is 15.3. The van der Waals surface area contributed by atoms with Crippen LogP contribution in [0.15, 0.2) is 55.2 Å². The number of pyridine rings is 1. The number of halogens is 1. The number of benzene rings is 1. The van der Waals surface area contributed by atoms with Gasteiger partial charge in [0.2, 0.25) is 5.91 Å². The lowest BCUT2D eigenvalue weighted by Crippen LogP contribution is -2.47. The average molecular weight is 382 g/mol. The molecule has 3 rings (SSSR count). The Morgan fingerprint density at radius 2 is 1.93 bits per heavy atom. The fourth-order valence-corrected chi connectivity index (χ4v) is 2.54. The maximum absolute atomic E-state index is 13.8. The molecule has 28 heavy (non-hydrogen) atoms. The Kier molecular flexibility index (Phi) is 5.73. The molecule has 9 heteroatoms. The highest BCUT2D eigenvalue weighted by atomic mass is 19.1. The second-order valence-corrected chi connectivity index (χ2v) is 6.41. The Morgan fingerprint density at radius 1 is 1.14 bits per heavy atom. The molecule has 1 unspecified atom stereocenters. The van der Waals surface area contributed by atoms with Crippen molar-refractivity contribution in [3.05, 3.63) is 66.6 Å². The molecule has 2 N–H and O–H groups in total. The van der Waals surface area contributed by atoms with Crippen molar-refractivity contribution in [1.29, 1.82) is 0 Å². The fourth-order valence-electron chi connectivity index (χ4n) is 2.54. The van der Waals surface area contributed by atoms with Gasteiger partial charge in [-0.1, -0.05) is 26.0 Å². The summed E-state index contributed by atoms with van der Waals surface area (Å²) in [6.07, 6.45) is 4.38. The van der Waals surface area contributed by atoms with Gasteiger partial charge in [0.15, 0.2) is 5.82 Å². The van der Waals surface area contributed by atoms with Gasteiger partial charge in [0.25, 0.3) is 5.91 Å². The van der Waals surface area contributed by atoms with E-state index in [-0.39, 0.29) is 11.5 Å². The minimum atomic E-state index is -0.845. The molecule has 0 fully saturated rings. The molecule has 8 nitrogen and oxygen atoms in total. The van der Waals surface area contributed by atoms with Gasteiger partial charge in [-0.05, 0) is 30.2 Å². The highest BCUT2D eigenvalue weighted by molar-refractivity contribution is 6.01. The summed E-state index contributed by atoms with van der Waals surface area (Å²) >= 11 is 0. The van der Waals surface area contributed by atoms with Crippen molar-refractivity contribution in [3.8, 4) is 5.82 Å². The van der Waals surface area contributed by atoms with Crippen molar-refractivity contribution in [2.45, 2.75) is 19.9 Å². The van der Waals surface area contributed by atoms with Gasteiger partial charge >= 0.3 is 0 Å². The van der Waals surface area contributed by atoms with Crippen LogP contribution in [-0.2, 0) is 4.79 Å². The minimum Gasteiger partial charge on any atom is -0.340 e. The fraction of sp³-hybridized carbons (Fsp3) is 0.211. The highest BCUT2D eigenvalue weighted by Crippen LogP contribution is 2.13. The molecule has 2 heterocycles. The molecule has 3 aromatic rings. The molecular formula is C19H19FN6O2. The maximum Gasteiger partial charge on any atom is 0.254 e. The Labute approximate surface area is 160 Å². The van der Waals surface area contributed by atoms with Crippen molar-refractivity contribution >= 4 is 17.5 Å². The summed E-state index contributed by atoms with van der Waals surface area (Å²) in [5.41, 5.74) is 0.347. The molecule has 0 aliphatic heterocycles. The second kappa shape index (κ2) is 8.38. The predicted octanol–water partition coefficient (Wildman–Crippen LogP) is 2.19. The van der Waals surface area contributed by atoms with Gasteiger partial charge in [-0.15, -0.1) is 0 Å². The number of anilines is 1. The first-order chi connectivity index (χ1) is 13.5. The molecule has 1 aromatic carbocycles. The van der Waals surface area contributed by atoms with E-state index in [1.165, 1.54) is 41.7 Å². The number of aromatic nitrogens is 4. The number of nitrogens with one attached hydrogen (secondary N) is 2. The first-order valence-corrected chi connectivity index (χ1v) is 8.63. The molecule has 144 valence electrons. The summed E-state index contributed by atoms with van der Waals surface area (Å²) in [6, 6.07) is 8.11. The van der Waals surface area contributed by atoms with Crippen LogP contribution in [0.25, 0.3) is 5.82 Å². The second-order valence-electron chi connectivity index (χ2n) is 6.41. The number of hydrogen-bond donors (Lipinski definition) is 2. The van der Waals surface area contributed by atoms with E-state index in [4.69, 9.17) is 0 Å². The van der Waals surface area contributed by atoms with E-state index in [0.29, 0.717) is 11.5 Å². The van der Waals surface area contributed by atoms with Gasteiger partial charge < -0.3 is 10.6 Å². The Morgan fingerprint density at radius 3 is 2.54 bits per heavy atom. The van der Waals surface area contributed by atoms with Crippen LogP contribution in [0.4, 0.5) is 10.1 Å². The number of amides is 2. The molecule has 0 aliphatic carbocycles. The molecule has 0 radical (unpaired) electrons. The summed E-state index contributed by atoms with van der Waals surface area (Å²) in [5, 5.41) is 9.28. The quantitative estimate of drug-likeness (QED) is 0.680. The summed E-state index contributed by atoms with van der Waals surface area (Å²) in [5.74, 6) is -1.38. The predicted molar refractivity (Wildman–Crippen MR) is 100 cm³/mol. The number of carbonyl (C=O) groups is 2. The third-order valence-corrected chi connectivity index (χ3v) is 4.02. The van der Waals surface area contributed by atoms with E-state index >= 15 is 0 Å². The SMILES string of the molecule is CC(C)C(NC(=O)c1ccccc1F)C(=O)Nc1ccc(-n2cncn2)nc1. The van der Waals surface area contributed by atoms with Gasteiger partial charge in [0.1, 0.15) is 24.5 Å². The molecule has 0 spiro atoms. The molecule has 1 atom stereocenters. The third kappa shape index (κ3) is 4.37. The molecule has 2 aromatic heterocycles. The maximum atomic E-state index is 13.8. The van der Waals surface area contributed by atoms with Crippen LogP contribution in [0.1, 0.15) is 24.2 Å². The molecule has 0 saturated heterocycles. The molecular weight excluding hydrogens is 363 g/mol. The summed E-state index contributed by atoms with van der Waals surface area (Å²) < 4.78 is 15.3. The van der Waals surface area contributed by atoms with Gasteiger partial charge in [-0.3, -0.25) is 9.59 Å². The van der Waals surface area contributed by atoms with Gasteiger partial charge in [0.05, 0.1) is 17.4 Å². The minimum absolute atomic E-state index is 0.111. The largest absolute Gasteiger partial charge is 0.340 e. The number of nitrogens with zero attached hydrogens (tertiary/aromatic N) is 4. The van der Waals surface area contributed by atoms with Crippen LogP contribution >= 0.6 is 0 Å². The Balaban J connectivity index is 1.69. The lowest BCUT2D eigenvalue weighted by Gasteiger charge is -2.22. The van der Waals surface area contributed by atoms with E-state index in [1.54, 1.807) is 32.0 Å². The topological polar surface area (TPSA) is 102 Å².